The van der Waals surface area contributed by atoms with Crippen LogP contribution in [-0.2, 0) is 13.5 Å². The molecule has 140 valence electrons. The highest BCUT2D eigenvalue weighted by Gasteiger charge is 2.26. The molecule has 0 bridgehead atoms. The Kier molecular flexibility index (Phi) is 5.70. The topological polar surface area (TPSA) is 58.3 Å². The number of aryl methyl sites for hydroxylation is 2. The zero-order valence-electron chi connectivity index (χ0n) is 16.1. The maximum absolute atomic E-state index is 11.2. The molecule has 1 aromatic carbocycles. The molecular formula is C22H30N2O2. The van der Waals surface area contributed by atoms with Gasteiger partial charge in [-0.3, -0.25) is 4.68 Å². The van der Waals surface area contributed by atoms with Gasteiger partial charge in [-0.2, -0.15) is 5.10 Å². The van der Waals surface area contributed by atoms with Crippen LogP contribution in [0.4, 0.5) is 0 Å². The number of allylic oxidation sites excluding steroid dienone is 2. The van der Waals surface area contributed by atoms with E-state index in [1.54, 1.807) is 10.9 Å². The number of hydrogen-bond donors (Lipinski definition) is 2. The van der Waals surface area contributed by atoms with Crippen molar-refractivity contribution in [3.8, 4) is 22.8 Å². The van der Waals surface area contributed by atoms with Gasteiger partial charge < -0.3 is 10.2 Å². The van der Waals surface area contributed by atoms with E-state index in [0.717, 1.165) is 61.8 Å². The molecule has 0 saturated heterocycles. The van der Waals surface area contributed by atoms with Crippen molar-refractivity contribution in [3.63, 3.8) is 0 Å². The Morgan fingerprint density at radius 2 is 2.08 bits per heavy atom. The first-order valence-corrected chi connectivity index (χ1v) is 9.76. The number of phenols is 2. The van der Waals surface area contributed by atoms with E-state index in [4.69, 9.17) is 0 Å². The van der Waals surface area contributed by atoms with Crippen molar-refractivity contribution >= 4 is 0 Å². The molecule has 0 saturated carbocycles. The summed E-state index contributed by atoms with van der Waals surface area (Å²) >= 11 is 0. The lowest BCUT2D eigenvalue weighted by Gasteiger charge is -2.24. The van der Waals surface area contributed by atoms with Gasteiger partial charge >= 0.3 is 0 Å². The van der Waals surface area contributed by atoms with Gasteiger partial charge in [0.2, 0.25) is 0 Å². The largest absolute Gasteiger partial charge is 0.507 e. The van der Waals surface area contributed by atoms with E-state index in [1.807, 2.05) is 19.2 Å². The van der Waals surface area contributed by atoms with Crippen molar-refractivity contribution in [1.82, 2.24) is 9.78 Å². The molecule has 0 spiro atoms. The number of rotatable bonds is 6. The van der Waals surface area contributed by atoms with Crippen LogP contribution < -0.4 is 0 Å². The van der Waals surface area contributed by atoms with E-state index < -0.39 is 0 Å². The second kappa shape index (κ2) is 7.98. The molecule has 0 fully saturated rings. The number of nitrogens with zero attached hydrogens (tertiary/aromatic N) is 2. The zero-order chi connectivity index (χ0) is 18.7. The van der Waals surface area contributed by atoms with Gasteiger partial charge in [0.15, 0.2) is 0 Å². The van der Waals surface area contributed by atoms with Gasteiger partial charge in [0.05, 0.1) is 5.69 Å². The molecule has 2 N–H and O–H groups in total. The highest BCUT2D eigenvalue weighted by atomic mass is 16.3. The summed E-state index contributed by atoms with van der Waals surface area (Å²) in [6.07, 6.45) is 11.3. The number of benzene rings is 1. The predicted octanol–water partition coefficient (Wildman–Crippen LogP) is 5.44. The Bertz CT molecular complexity index is 805. The molecule has 1 atom stereocenters. The van der Waals surface area contributed by atoms with Crippen LogP contribution in [0.3, 0.4) is 0 Å². The van der Waals surface area contributed by atoms with Gasteiger partial charge in [0, 0.05) is 30.3 Å². The van der Waals surface area contributed by atoms with Crippen LogP contribution in [0.15, 0.2) is 30.0 Å². The van der Waals surface area contributed by atoms with Crippen LogP contribution in [0, 0.1) is 0 Å². The Hall–Kier alpha value is -2.23. The molecule has 1 unspecified atom stereocenters. The average molecular weight is 354 g/mol. The van der Waals surface area contributed by atoms with Gasteiger partial charge in [0.25, 0.3) is 0 Å². The Labute approximate surface area is 156 Å². The molecule has 1 aliphatic rings. The van der Waals surface area contributed by atoms with Crippen LogP contribution in [0.5, 0.6) is 11.5 Å². The predicted molar refractivity (Wildman–Crippen MR) is 106 cm³/mol. The molecule has 3 rings (SSSR count). The monoisotopic (exact) mass is 354 g/mol. The summed E-state index contributed by atoms with van der Waals surface area (Å²) in [5, 5.41) is 26.2. The lowest BCUT2D eigenvalue weighted by Crippen LogP contribution is -2.06. The number of hydrogen-bond acceptors (Lipinski definition) is 3. The van der Waals surface area contributed by atoms with Crippen molar-refractivity contribution in [2.45, 2.75) is 64.7 Å². The summed E-state index contributed by atoms with van der Waals surface area (Å²) in [5.41, 5.74) is 4.71. The van der Waals surface area contributed by atoms with E-state index in [9.17, 15) is 10.2 Å². The molecule has 0 amide bonds. The minimum absolute atomic E-state index is 0.0698. The van der Waals surface area contributed by atoms with Gasteiger partial charge in [-0.05, 0) is 56.7 Å². The Morgan fingerprint density at radius 1 is 1.27 bits per heavy atom. The second-order valence-corrected chi connectivity index (χ2v) is 7.50. The molecule has 1 aliphatic carbocycles. The lowest BCUT2D eigenvalue weighted by atomic mass is 9.82. The number of phenolic OH excluding ortho intramolecular Hbond substituents is 2. The normalized spacial score (nSPS) is 17.3. The summed E-state index contributed by atoms with van der Waals surface area (Å²) in [6.45, 7) is 4.30. The molecule has 2 aromatic rings. The van der Waals surface area contributed by atoms with E-state index in [1.165, 1.54) is 5.57 Å². The van der Waals surface area contributed by atoms with Crippen molar-refractivity contribution in [2.24, 2.45) is 7.05 Å². The Morgan fingerprint density at radius 3 is 2.73 bits per heavy atom. The van der Waals surface area contributed by atoms with Crippen LogP contribution in [-0.4, -0.2) is 20.0 Å². The third-order valence-electron chi connectivity index (χ3n) is 5.47. The smallest absolute Gasteiger partial charge is 0.132 e. The fourth-order valence-electron chi connectivity index (χ4n) is 4.09. The first kappa shape index (κ1) is 18.6. The summed E-state index contributed by atoms with van der Waals surface area (Å²) in [6, 6.07) is 3.80. The minimum Gasteiger partial charge on any atom is -0.507 e. The third-order valence-corrected chi connectivity index (χ3v) is 5.47. The molecule has 4 heteroatoms. The van der Waals surface area contributed by atoms with Crippen LogP contribution in [0.2, 0.25) is 0 Å². The number of aromatic hydroxyl groups is 2. The maximum atomic E-state index is 11.2. The van der Waals surface area contributed by atoms with Gasteiger partial charge in [0.1, 0.15) is 11.5 Å². The maximum Gasteiger partial charge on any atom is 0.132 e. The minimum atomic E-state index is 0.0698. The van der Waals surface area contributed by atoms with E-state index >= 15 is 0 Å². The van der Waals surface area contributed by atoms with Crippen LogP contribution >= 0.6 is 0 Å². The first-order valence-electron chi connectivity index (χ1n) is 9.76. The van der Waals surface area contributed by atoms with E-state index in [2.05, 4.69) is 25.0 Å². The van der Waals surface area contributed by atoms with Gasteiger partial charge in [-0.15, -0.1) is 0 Å². The summed E-state index contributed by atoms with van der Waals surface area (Å²) in [5.74, 6) is 0.507. The van der Waals surface area contributed by atoms with Gasteiger partial charge in [-0.1, -0.05) is 31.4 Å². The summed E-state index contributed by atoms with van der Waals surface area (Å²) in [4.78, 5) is 0. The van der Waals surface area contributed by atoms with Crippen molar-refractivity contribution in [2.75, 3.05) is 0 Å². The average Bonchev–Trinajstić information content (AvgIpc) is 3.01. The molecule has 4 nitrogen and oxygen atoms in total. The van der Waals surface area contributed by atoms with Crippen LogP contribution in [0.25, 0.3) is 11.3 Å². The second-order valence-electron chi connectivity index (χ2n) is 7.50. The van der Waals surface area contributed by atoms with Crippen LogP contribution in [0.1, 0.15) is 69.4 Å². The van der Waals surface area contributed by atoms with E-state index in [0.29, 0.717) is 5.56 Å². The standard InChI is InChI=1S/C22H30N2O2/c1-4-5-6-9-17-14-19(25)21(16-10-7-8-15(2)13-16)22(26)20(17)18-11-12-23-24(18)3/h11-14,16,25-26H,4-10H2,1-3H3. The van der Waals surface area contributed by atoms with E-state index in [-0.39, 0.29) is 17.4 Å². The molecular weight excluding hydrogens is 324 g/mol. The molecule has 0 radical (unpaired) electrons. The highest BCUT2D eigenvalue weighted by molar-refractivity contribution is 5.76. The van der Waals surface area contributed by atoms with Gasteiger partial charge in [-0.25, -0.2) is 0 Å². The molecule has 1 aromatic heterocycles. The molecule has 1 heterocycles. The third kappa shape index (κ3) is 3.64. The molecule has 26 heavy (non-hydrogen) atoms. The lowest BCUT2D eigenvalue weighted by molar-refractivity contribution is 0.428. The van der Waals surface area contributed by atoms with Crippen molar-refractivity contribution in [1.29, 1.82) is 0 Å². The SMILES string of the molecule is CCCCCc1cc(O)c(C2C=C(C)CCC2)c(O)c1-c1ccnn1C. The Balaban J connectivity index is 2.13. The highest BCUT2D eigenvalue weighted by Crippen LogP contribution is 2.47. The number of unbranched alkanes of at least 4 members (excludes halogenated alkanes) is 2. The fourth-order valence-corrected chi connectivity index (χ4v) is 4.09. The molecule has 0 aliphatic heterocycles. The summed E-state index contributed by atoms with van der Waals surface area (Å²) < 4.78 is 1.79. The van der Waals surface area contributed by atoms with Crippen molar-refractivity contribution < 1.29 is 10.2 Å². The van der Waals surface area contributed by atoms with Crippen molar-refractivity contribution in [3.05, 3.63) is 41.1 Å². The quantitative estimate of drug-likeness (QED) is 0.536. The number of aromatic nitrogens is 2. The first-order chi connectivity index (χ1) is 12.5. The zero-order valence-corrected chi connectivity index (χ0v) is 16.1. The summed E-state index contributed by atoms with van der Waals surface area (Å²) in [7, 11) is 1.89. The fraction of sp³-hybridized carbons (Fsp3) is 0.500.